The van der Waals surface area contributed by atoms with Gasteiger partial charge < -0.3 is 10.4 Å². The van der Waals surface area contributed by atoms with Gasteiger partial charge in [0, 0.05) is 17.8 Å². The molecule has 100 valence electrons. The summed E-state index contributed by atoms with van der Waals surface area (Å²) in [5.74, 6) is -1.27. The van der Waals surface area contributed by atoms with Gasteiger partial charge in [-0.25, -0.2) is 9.78 Å². The highest BCUT2D eigenvalue weighted by Crippen LogP contribution is 2.10. The van der Waals surface area contributed by atoms with E-state index in [1.165, 1.54) is 16.7 Å². The normalized spacial score (nSPS) is 12.1. The monoisotopic (exact) mass is 280 g/mol. The van der Waals surface area contributed by atoms with E-state index in [1.807, 2.05) is 0 Å². The van der Waals surface area contributed by atoms with Crippen molar-refractivity contribution in [2.75, 3.05) is 0 Å². The van der Waals surface area contributed by atoms with Crippen molar-refractivity contribution in [3.8, 4) is 0 Å². The Balaban J connectivity index is 1.91. The predicted molar refractivity (Wildman–Crippen MR) is 67.9 cm³/mol. The number of amides is 1. The molecule has 0 aromatic carbocycles. The molecule has 7 nitrogen and oxygen atoms in total. The van der Waals surface area contributed by atoms with E-state index in [4.69, 9.17) is 5.11 Å². The maximum Gasteiger partial charge on any atom is 0.355 e. The van der Waals surface area contributed by atoms with Gasteiger partial charge in [0.25, 0.3) is 0 Å². The molecule has 0 saturated heterocycles. The van der Waals surface area contributed by atoms with Crippen LogP contribution in [0.15, 0.2) is 23.8 Å². The maximum absolute atomic E-state index is 11.8. The average molecular weight is 280 g/mol. The SMILES string of the molecule is CC(C(=O)NCc1nc(C(=O)O)cs1)n1cccn1. The molecule has 0 saturated carbocycles. The second kappa shape index (κ2) is 5.61. The minimum atomic E-state index is -1.07. The number of rotatable bonds is 5. The molecule has 1 amide bonds. The fourth-order valence-electron chi connectivity index (χ4n) is 1.43. The third-order valence-corrected chi connectivity index (χ3v) is 3.33. The predicted octanol–water partition coefficient (Wildman–Crippen LogP) is 0.915. The van der Waals surface area contributed by atoms with Crippen molar-refractivity contribution in [1.82, 2.24) is 20.1 Å². The molecule has 0 aliphatic rings. The summed E-state index contributed by atoms with van der Waals surface area (Å²) in [6.07, 6.45) is 3.31. The molecular weight excluding hydrogens is 268 g/mol. The summed E-state index contributed by atoms with van der Waals surface area (Å²) < 4.78 is 1.54. The maximum atomic E-state index is 11.8. The van der Waals surface area contributed by atoms with Crippen molar-refractivity contribution in [2.24, 2.45) is 0 Å². The van der Waals surface area contributed by atoms with Crippen LogP contribution in [0.3, 0.4) is 0 Å². The van der Waals surface area contributed by atoms with Gasteiger partial charge in [-0.15, -0.1) is 11.3 Å². The van der Waals surface area contributed by atoms with E-state index in [-0.39, 0.29) is 18.1 Å². The van der Waals surface area contributed by atoms with Gasteiger partial charge in [-0.1, -0.05) is 0 Å². The molecule has 0 radical (unpaired) electrons. The van der Waals surface area contributed by atoms with E-state index in [0.717, 1.165) is 0 Å². The van der Waals surface area contributed by atoms with E-state index < -0.39 is 12.0 Å². The lowest BCUT2D eigenvalue weighted by Gasteiger charge is -2.11. The summed E-state index contributed by atoms with van der Waals surface area (Å²) >= 11 is 1.20. The summed E-state index contributed by atoms with van der Waals surface area (Å²) in [7, 11) is 0. The molecule has 0 aliphatic carbocycles. The molecule has 1 atom stereocenters. The molecule has 0 spiro atoms. The first-order chi connectivity index (χ1) is 9.08. The fourth-order valence-corrected chi connectivity index (χ4v) is 2.14. The number of carbonyl (C=O) groups excluding carboxylic acids is 1. The van der Waals surface area contributed by atoms with Crippen LogP contribution in [-0.2, 0) is 11.3 Å². The van der Waals surface area contributed by atoms with Crippen molar-refractivity contribution in [2.45, 2.75) is 19.5 Å². The number of nitrogens with zero attached hydrogens (tertiary/aromatic N) is 3. The van der Waals surface area contributed by atoms with Gasteiger partial charge in [0.2, 0.25) is 5.91 Å². The van der Waals surface area contributed by atoms with Crippen LogP contribution in [0.2, 0.25) is 0 Å². The van der Waals surface area contributed by atoms with E-state index in [0.29, 0.717) is 5.01 Å². The molecular formula is C11H12N4O3S. The Hall–Kier alpha value is -2.22. The molecule has 8 heteroatoms. The van der Waals surface area contributed by atoms with E-state index in [9.17, 15) is 9.59 Å². The number of carbonyl (C=O) groups is 2. The Kier molecular flexibility index (Phi) is 3.91. The van der Waals surface area contributed by atoms with Crippen LogP contribution >= 0.6 is 11.3 Å². The van der Waals surface area contributed by atoms with Crippen LogP contribution < -0.4 is 5.32 Å². The average Bonchev–Trinajstić information content (AvgIpc) is 3.05. The van der Waals surface area contributed by atoms with Crippen molar-refractivity contribution in [3.63, 3.8) is 0 Å². The highest BCUT2D eigenvalue weighted by Gasteiger charge is 2.15. The van der Waals surface area contributed by atoms with Gasteiger partial charge in [0.15, 0.2) is 5.69 Å². The molecule has 19 heavy (non-hydrogen) atoms. The summed E-state index contributed by atoms with van der Waals surface area (Å²) in [4.78, 5) is 26.4. The van der Waals surface area contributed by atoms with Gasteiger partial charge in [0.05, 0.1) is 6.54 Å². The first kappa shape index (κ1) is 13.2. The Morgan fingerprint density at radius 1 is 1.58 bits per heavy atom. The summed E-state index contributed by atoms with van der Waals surface area (Å²) in [5, 5.41) is 17.4. The smallest absolute Gasteiger partial charge is 0.355 e. The number of aromatic nitrogens is 3. The van der Waals surface area contributed by atoms with Crippen molar-refractivity contribution in [1.29, 1.82) is 0 Å². The molecule has 2 rings (SSSR count). The first-order valence-corrected chi connectivity index (χ1v) is 6.40. The summed E-state index contributed by atoms with van der Waals surface area (Å²) in [6.45, 7) is 1.94. The lowest BCUT2D eigenvalue weighted by atomic mass is 10.3. The number of hydrogen-bond donors (Lipinski definition) is 2. The molecule has 0 aliphatic heterocycles. The largest absolute Gasteiger partial charge is 0.476 e. The van der Waals surface area contributed by atoms with Gasteiger partial charge in [0.1, 0.15) is 11.0 Å². The van der Waals surface area contributed by atoms with Crippen molar-refractivity contribution >= 4 is 23.2 Å². The zero-order valence-corrected chi connectivity index (χ0v) is 10.9. The van der Waals surface area contributed by atoms with Gasteiger partial charge in [-0.3, -0.25) is 9.48 Å². The summed E-state index contributed by atoms with van der Waals surface area (Å²) in [5.41, 5.74) is -0.00521. The van der Waals surface area contributed by atoms with Gasteiger partial charge >= 0.3 is 5.97 Å². The number of hydrogen-bond acceptors (Lipinski definition) is 5. The molecule has 2 aromatic heterocycles. The molecule has 2 N–H and O–H groups in total. The number of aromatic carboxylic acids is 1. The van der Waals surface area contributed by atoms with Gasteiger partial charge in [-0.2, -0.15) is 5.10 Å². The van der Waals surface area contributed by atoms with Crippen molar-refractivity contribution < 1.29 is 14.7 Å². The highest BCUT2D eigenvalue weighted by molar-refractivity contribution is 7.09. The molecule has 0 bridgehead atoms. The Labute approximate surface area is 112 Å². The van der Waals surface area contributed by atoms with Crippen LogP contribution in [0.4, 0.5) is 0 Å². The second-order valence-electron chi connectivity index (χ2n) is 3.81. The van der Waals surface area contributed by atoms with E-state index >= 15 is 0 Å². The molecule has 0 fully saturated rings. The third kappa shape index (κ3) is 3.16. The summed E-state index contributed by atoms with van der Waals surface area (Å²) in [6, 6.07) is 1.32. The zero-order valence-electron chi connectivity index (χ0n) is 10.1. The van der Waals surface area contributed by atoms with Crippen LogP contribution in [0.5, 0.6) is 0 Å². The number of carboxylic acid groups (broad SMARTS) is 1. The fraction of sp³-hybridized carbons (Fsp3) is 0.273. The Bertz CT molecular complexity index is 579. The minimum Gasteiger partial charge on any atom is -0.476 e. The first-order valence-electron chi connectivity index (χ1n) is 5.52. The highest BCUT2D eigenvalue weighted by atomic mass is 32.1. The Morgan fingerprint density at radius 2 is 2.37 bits per heavy atom. The molecule has 2 aromatic rings. The topological polar surface area (TPSA) is 97.1 Å². The molecule has 2 heterocycles. The minimum absolute atomic E-state index is 0.00521. The number of thiazole rings is 1. The van der Waals surface area contributed by atoms with Crippen LogP contribution in [0.25, 0.3) is 0 Å². The van der Waals surface area contributed by atoms with Crippen LogP contribution in [0.1, 0.15) is 28.5 Å². The quantitative estimate of drug-likeness (QED) is 0.848. The molecule has 1 unspecified atom stereocenters. The third-order valence-electron chi connectivity index (χ3n) is 2.49. The van der Waals surface area contributed by atoms with E-state index in [1.54, 1.807) is 30.1 Å². The van der Waals surface area contributed by atoms with Crippen molar-refractivity contribution in [3.05, 3.63) is 34.5 Å². The van der Waals surface area contributed by atoms with Gasteiger partial charge in [-0.05, 0) is 13.0 Å². The standard InChI is InChI=1S/C11H12N4O3S/c1-7(15-4-2-3-13-15)10(16)12-5-9-14-8(6-19-9)11(17)18/h2-4,6-7H,5H2,1H3,(H,12,16)(H,17,18). The lowest BCUT2D eigenvalue weighted by molar-refractivity contribution is -0.124. The van der Waals surface area contributed by atoms with Crippen LogP contribution in [-0.4, -0.2) is 31.7 Å². The van der Waals surface area contributed by atoms with Crippen LogP contribution in [0, 0.1) is 0 Å². The zero-order chi connectivity index (χ0) is 13.8. The lowest BCUT2D eigenvalue weighted by Crippen LogP contribution is -2.30. The van der Waals surface area contributed by atoms with E-state index in [2.05, 4.69) is 15.4 Å². The second-order valence-corrected chi connectivity index (χ2v) is 4.75. The number of nitrogens with one attached hydrogen (secondary N) is 1. The Morgan fingerprint density at radius 3 is 2.95 bits per heavy atom. The number of carboxylic acids is 1.